The number of allylic oxidation sites excluding steroid dienone is 1. The van der Waals surface area contributed by atoms with Crippen molar-refractivity contribution in [2.75, 3.05) is 29.9 Å². The van der Waals surface area contributed by atoms with Crippen LogP contribution < -0.4 is 15.0 Å². The topological polar surface area (TPSA) is 61.9 Å². The Bertz CT molecular complexity index is 1240. The van der Waals surface area contributed by atoms with Crippen molar-refractivity contribution in [3.8, 4) is 5.75 Å². The number of hydrogen-bond acceptors (Lipinski definition) is 4. The van der Waals surface area contributed by atoms with E-state index in [0.29, 0.717) is 17.2 Å². The quantitative estimate of drug-likeness (QED) is 0.342. The molecular weight excluding hydrogens is 498 g/mol. The summed E-state index contributed by atoms with van der Waals surface area (Å²) in [5.41, 5.74) is 3.72. The van der Waals surface area contributed by atoms with Crippen LogP contribution in [0.5, 0.6) is 5.75 Å². The smallest absolute Gasteiger partial charge is 0.258 e. The summed E-state index contributed by atoms with van der Waals surface area (Å²) in [6.45, 7) is 9.23. The molecule has 0 saturated carbocycles. The first-order valence-electron chi connectivity index (χ1n) is 12.6. The molecule has 0 unspecified atom stereocenters. The maximum atomic E-state index is 12.9. The lowest BCUT2D eigenvalue weighted by Crippen LogP contribution is -2.35. The highest BCUT2D eigenvalue weighted by molar-refractivity contribution is 6.30. The summed E-state index contributed by atoms with van der Waals surface area (Å²) < 4.78 is 5.77. The first-order valence-corrected chi connectivity index (χ1v) is 13.0. The summed E-state index contributed by atoms with van der Waals surface area (Å²) in [5.74, 6) is 0.724. The van der Waals surface area contributed by atoms with Gasteiger partial charge in [-0.3, -0.25) is 9.59 Å². The van der Waals surface area contributed by atoms with E-state index in [2.05, 4.69) is 18.0 Å². The standard InChI is InChI=1S/C23H26N2O2.C8H8ClNO/c1-3-15-24(4-2)17-18-27-21-13-11-20(12-14-21)23(26)25-16-7-9-19-8-5-6-10-22(19)25;1-6(11)10-8-4-2-7(9)3-5-8/h3-6,8,10-15H,2,7,9,16-18H2,1H3;2-5H,1H3,(H,10,11)/b15-3-;. The zero-order chi connectivity index (χ0) is 27.3. The van der Waals surface area contributed by atoms with E-state index in [1.165, 1.54) is 12.5 Å². The predicted octanol–water partition coefficient (Wildman–Crippen LogP) is 6.94. The molecule has 0 saturated heterocycles. The van der Waals surface area contributed by atoms with E-state index in [9.17, 15) is 9.59 Å². The fourth-order valence-corrected chi connectivity index (χ4v) is 4.14. The number of aryl methyl sites for hydroxylation is 1. The normalized spacial score (nSPS) is 12.1. The molecule has 0 radical (unpaired) electrons. The van der Waals surface area contributed by atoms with Crippen LogP contribution in [0.1, 0.15) is 36.2 Å². The van der Waals surface area contributed by atoms with Crippen molar-refractivity contribution in [1.29, 1.82) is 0 Å². The van der Waals surface area contributed by atoms with Crippen LogP contribution in [-0.2, 0) is 11.2 Å². The molecule has 1 aliphatic heterocycles. The highest BCUT2D eigenvalue weighted by Gasteiger charge is 2.23. The molecule has 0 bridgehead atoms. The van der Waals surface area contributed by atoms with E-state index >= 15 is 0 Å². The van der Waals surface area contributed by atoms with Gasteiger partial charge in [-0.05, 0) is 92.3 Å². The average molecular weight is 532 g/mol. The number of anilines is 2. The lowest BCUT2D eigenvalue weighted by molar-refractivity contribution is -0.114. The predicted molar refractivity (Wildman–Crippen MR) is 156 cm³/mol. The molecule has 1 heterocycles. The Balaban J connectivity index is 0.000000304. The number of halogens is 1. The maximum absolute atomic E-state index is 12.9. The molecule has 0 aromatic heterocycles. The van der Waals surface area contributed by atoms with Crippen molar-refractivity contribution in [3.05, 3.63) is 114 Å². The van der Waals surface area contributed by atoms with Crippen LogP contribution in [0.15, 0.2) is 97.9 Å². The second kappa shape index (κ2) is 14.6. The summed E-state index contributed by atoms with van der Waals surface area (Å²) in [6.07, 6.45) is 7.70. The molecule has 3 aromatic rings. The Morgan fingerprint density at radius 2 is 1.79 bits per heavy atom. The van der Waals surface area contributed by atoms with Crippen molar-refractivity contribution in [2.45, 2.75) is 26.7 Å². The van der Waals surface area contributed by atoms with E-state index in [0.717, 1.165) is 43.1 Å². The summed E-state index contributed by atoms with van der Waals surface area (Å²) in [4.78, 5) is 27.3. The van der Waals surface area contributed by atoms with Crippen molar-refractivity contribution in [2.24, 2.45) is 0 Å². The van der Waals surface area contributed by atoms with Gasteiger partial charge in [-0.2, -0.15) is 0 Å². The SMILES string of the molecule is C=CN(/C=C\C)CCOc1ccc(C(=O)N2CCCc3ccccc32)cc1.CC(=O)Nc1ccc(Cl)cc1. The summed E-state index contributed by atoms with van der Waals surface area (Å²) >= 11 is 5.64. The molecule has 0 fully saturated rings. The summed E-state index contributed by atoms with van der Waals surface area (Å²) in [6, 6.07) is 22.5. The lowest BCUT2D eigenvalue weighted by Gasteiger charge is -2.29. The number of ether oxygens (including phenoxy) is 1. The van der Waals surface area contributed by atoms with E-state index in [4.69, 9.17) is 16.3 Å². The van der Waals surface area contributed by atoms with Crippen LogP contribution in [0, 0.1) is 0 Å². The van der Waals surface area contributed by atoms with Gasteiger partial charge in [0.1, 0.15) is 12.4 Å². The molecule has 1 N–H and O–H groups in total. The van der Waals surface area contributed by atoms with Gasteiger partial charge in [-0.25, -0.2) is 0 Å². The van der Waals surface area contributed by atoms with Crippen LogP contribution in [0.2, 0.25) is 5.02 Å². The van der Waals surface area contributed by atoms with Crippen LogP contribution in [0.3, 0.4) is 0 Å². The molecule has 0 atom stereocenters. The third-order valence-corrected chi connectivity index (χ3v) is 6.07. The minimum absolute atomic E-state index is 0.0413. The second-order valence-electron chi connectivity index (χ2n) is 8.65. The first-order chi connectivity index (χ1) is 18.4. The molecule has 1 aliphatic rings. The number of carbonyl (C=O) groups excluding carboxylic acids is 2. The Hall–Kier alpha value is -4.03. The highest BCUT2D eigenvalue weighted by Crippen LogP contribution is 2.28. The van der Waals surface area contributed by atoms with Gasteiger partial charge in [-0.15, -0.1) is 0 Å². The van der Waals surface area contributed by atoms with Crippen LogP contribution >= 0.6 is 11.6 Å². The number of rotatable bonds is 8. The number of benzene rings is 3. The lowest BCUT2D eigenvalue weighted by atomic mass is 10.0. The molecule has 198 valence electrons. The second-order valence-corrected chi connectivity index (χ2v) is 9.09. The van der Waals surface area contributed by atoms with Gasteiger partial charge < -0.3 is 19.9 Å². The van der Waals surface area contributed by atoms with Crippen molar-refractivity contribution in [3.63, 3.8) is 0 Å². The molecule has 3 aromatic carbocycles. The van der Waals surface area contributed by atoms with Crippen molar-refractivity contribution >= 4 is 34.8 Å². The number of para-hydroxylation sites is 1. The van der Waals surface area contributed by atoms with Gasteiger partial charge in [0.2, 0.25) is 5.91 Å². The molecule has 7 heteroatoms. The van der Waals surface area contributed by atoms with E-state index in [1.807, 2.05) is 71.5 Å². The average Bonchev–Trinajstić information content (AvgIpc) is 2.93. The summed E-state index contributed by atoms with van der Waals surface area (Å²) in [5, 5.41) is 3.30. The van der Waals surface area contributed by atoms with E-state index in [1.54, 1.807) is 30.5 Å². The third kappa shape index (κ3) is 8.53. The zero-order valence-electron chi connectivity index (χ0n) is 21.9. The van der Waals surface area contributed by atoms with Gasteiger partial charge in [-0.1, -0.05) is 42.5 Å². The molecule has 0 aliphatic carbocycles. The number of carbonyl (C=O) groups is 2. The van der Waals surface area contributed by atoms with Crippen LogP contribution in [-0.4, -0.2) is 36.4 Å². The van der Waals surface area contributed by atoms with Crippen LogP contribution in [0.4, 0.5) is 11.4 Å². The van der Waals surface area contributed by atoms with Gasteiger partial charge in [0.25, 0.3) is 5.91 Å². The number of amides is 2. The summed E-state index contributed by atoms with van der Waals surface area (Å²) in [7, 11) is 0. The zero-order valence-corrected chi connectivity index (χ0v) is 22.7. The molecule has 0 spiro atoms. The number of nitrogens with zero attached hydrogens (tertiary/aromatic N) is 2. The minimum atomic E-state index is -0.0766. The molecule has 38 heavy (non-hydrogen) atoms. The largest absolute Gasteiger partial charge is 0.492 e. The monoisotopic (exact) mass is 531 g/mol. The van der Waals surface area contributed by atoms with Crippen molar-refractivity contribution in [1.82, 2.24) is 4.90 Å². The van der Waals surface area contributed by atoms with E-state index < -0.39 is 0 Å². The fourth-order valence-electron chi connectivity index (χ4n) is 4.02. The number of hydrogen-bond donors (Lipinski definition) is 1. The number of nitrogens with one attached hydrogen (secondary N) is 1. The molecule has 2 amide bonds. The van der Waals surface area contributed by atoms with Gasteiger partial charge in [0.05, 0.1) is 6.54 Å². The fraction of sp³-hybridized carbons (Fsp3) is 0.226. The van der Waals surface area contributed by atoms with E-state index in [-0.39, 0.29) is 11.8 Å². The Morgan fingerprint density at radius 1 is 1.08 bits per heavy atom. The Kier molecular flexibility index (Phi) is 11.0. The molecule has 6 nitrogen and oxygen atoms in total. The Morgan fingerprint density at radius 3 is 2.45 bits per heavy atom. The Labute approximate surface area is 230 Å². The third-order valence-electron chi connectivity index (χ3n) is 5.81. The number of fused-ring (bicyclic) bond motifs is 1. The van der Waals surface area contributed by atoms with Gasteiger partial charge in [0.15, 0.2) is 0 Å². The van der Waals surface area contributed by atoms with Gasteiger partial charge >= 0.3 is 0 Å². The first kappa shape index (κ1) is 28.5. The minimum Gasteiger partial charge on any atom is -0.492 e. The maximum Gasteiger partial charge on any atom is 0.258 e. The van der Waals surface area contributed by atoms with Gasteiger partial charge in [0, 0.05) is 35.4 Å². The van der Waals surface area contributed by atoms with Crippen molar-refractivity contribution < 1.29 is 14.3 Å². The van der Waals surface area contributed by atoms with Crippen LogP contribution in [0.25, 0.3) is 0 Å². The molecule has 4 rings (SSSR count). The highest BCUT2D eigenvalue weighted by atomic mass is 35.5. The molecular formula is C31H34ClN3O3.